The maximum atomic E-state index is 13.7. The van der Waals surface area contributed by atoms with Crippen LogP contribution in [0.15, 0.2) is 18.2 Å². The predicted molar refractivity (Wildman–Crippen MR) is 78.5 cm³/mol. The summed E-state index contributed by atoms with van der Waals surface area (Å²) >= 11 is 0. The van der Waals surface area contributed by atoms with Crippen LogP contribution < -0.4 is 11.1 Å². The van der Waals surface area contributed by atoms with E-state index in [1.807, 2.05) is 13.8 Å². The average molecular weight is 281 g/mol. The Balaban J connectivity index is 2.53. The Labute approximate surface area is 120 Å². The first-order chi connectivity index (χ1) is 9.42. The molecule has 1 amide bonds. The molecule has 0 bridgehead atoms. The number of rotatable bonds is 7. The van der Waals surface area contributed by atoms with E-state index < -0.39 is 0 Å². The van der Waals surface area contributed by atoms with E-state index in [-0.39, 0.29) is 18.3 Å². The van der Waals surface area contributed by atoms with Gasteiger partial charge >= 0.3 is 0 Å². The summed E-state index contributed by atoms with van der Waals surface area (Å²) in [6.07, 6.45) is 0. The Hall–Kier alpha value is -1.46. The third-order valence-corrected chi connectivity index (χ3v) is 2.91. The second kappa shape index (κ2) is 7.97. The highest BCUT2D eigenvalue weighted by atomic mass is 19.1. The number of nitrogens with zero attached hydrogens (tertiary/aromatic N) is 1. The van der Waals surface area contributed by atoms with Gasteiger partial charge in [0.25, 0.3) is 0 Å². The summed E-state index contributed by atoms with van der Waals surface area (Å²) in [5.41, 5.74) is 7.00. The van der Waals surface area contributed by atoms with Gasteiger partial charge in [-0.15, -0.1) is 0 Å². The van der Waals surface area contributed by atoms with Gasteiger partial charge in [-0.2, -0.15) is 0 Å². The summed E-state index contributed by atoms with van der Waals surface area (Å²) in [5, 5.41) is 2.84. The van der Waals surface area contributed by atoms with E-state index >= 15 is 0 Å². The fourth-order valence-electron chi connectivity index (χ4n) is 1.84. The van der Waals surface area contributed by atoms with Gasteiger partial charge in [-0.3, -0.25) is 9.69 Å². The van der Waals surface area contributed by atoms with Crippen molar-refractivity contribution in [3.63, 3.8) is 0 Å². The maximum Gasteiger partial charge on any atom is 0.234 e. The summed E-state index contributed by atoms with van der Waals surface area (Å²) in [6.45, 7) is 5.75. The van der Waals surface area contributed by atoms with Gasteiger partial charge in [-0.25, -0.2) is 4.39 Å². The van der Waals surface area contributed by atoms with Crippen LogP contribution in [0.25, 0.3) is 0 Å². The molecule has 4 nitrogen and oxygen atoms in total. The summed E-state index contributed by atoms with van der Waals surface area (Å²) in [6, 6.07) is 4.84. The lowest BCUT2D eigenvalue weighted by molar-refractivity contribution is -0.122. The number of nitrogens with two attached hydrogens (primary N) is 1. The highest BCUT2D eigenvalue weighted by Crippen LogP contribution is 2.12. The zero-order valence-corrected chi connectivity index (χ0v) is 12.4. The second-order valence-electron chi connectivity index (χ2n) is 5.50. The Kier molecular flexibility index (Phi) is 6.61. The van der Waals surface area contributed by atoms with Crippen molar-refractivity contribution in [2.45, 2.75) is 26.9 Å². The molecule has 1 rings (SSSR count). The van der Waals surface area contributed by atoms with Crippen molar-refractivity contribution in [2.75, 3.05) is 20.1 Å². The zero-order chi connectivity index (χ0) is 15.1. The quantitative estimate of drug-likeness (QED) is 0.796. The molecule has 1 aromatic carbocycles. The van der Waals surface area contributed by atoms with Gasteiger partial charge in [0.05, 0.1) is 6.54 Å². The molecule has 0 aromatic heterocycles. The fraction of sp³-hybridized carbons (Fsp3) is 0.533. The van der Waals surface area contributed by atoms with Crippen molar-refractivity contribution in [1.82, 2.24) is 10.2 Å². The van der Waals surface area contributed by atoms with E-state index in [0.29, 0.717) is 31.1 Å². The molecule has 0 aliphatic heterocycles. The van der Waals surface area contributed by atoms with Gasteiger partial charge in [0, 0.05) is 25.2 Å². The number of carbonyl (C=O) groups excluding carboxylic acids is 1. The van der Waals surface area contributed by atoms with Gasteiger partial charge in [-0.05, 0) is 24.6 Å². The minimum absolute atomic E-state index is 0.0448. The number of halogens is 1. The first kappa shape index (κ1) is 16.6. The molecule has 1 aromatic rings. The highest BCUT2D eigenvalue weighted by molar-refractivity contribution is 5.77. The smallest absolute Gasteiger partial charge is 0.234 e. The topological polar surface area (TPSA) is 58.4 Å². The van der Waals surface area contributed by atoms with Crippen LogP contribution in [0.2, 0.25) is 0 Å². The van der Waals surface area contributed by atoms with Gasteiger partial charge in [0.2, 0.25) is 5.91 Å². The van der Waals surface area contributed by atoms with Gasteiger partial charge in [0.1, 0.15) is 5.82 Å². The van der Waals surface area contributed by atoms with Gasteiger partial charge < -0.3 is 11.1 Å². The Morgan fingerprint density at radius 3 is 2.75 bits per heavy atom. The lowest BCUT2D eigenvalue weighted by Crippen LogP contribution is -2.36. The molecule has 0 aliphatic rings. The predicted octanol–water partition coefficient (Wildman–Crippen LogP) is 1.49. The number of likely N-dealkylation sites (N-methyl/N-ethyl adjacent to an activating group) is 1. The third-order valence-electron chi connectivity index (χ3n) is 2.91. The number of benzene rings is 1. The van der Waals surface area contributed by atoms with Gasteiger partial charge in [-0.1, -0.05) is 26.0 Å². The summed E-state index contributed by atoms with van der Waals surface area (Å²) in [7, 11) is 1.80. The molecule has 0 atom stereocenters. The first-order valence-corrected chi connectivity index (χ1v) is 6.85. The molecule has 0 radical (unpaired) electrons. The molecule has 3 N–H and O–H groups in total. The van der Waals surface area contributed by atoms with Crippen molar-refractivity contribution >= 4 is 5.91 Å². The molecule has 0 unspecified atom stereocenters. The van der Waals surface area contributed by atoms with E-state index in [9.17, 15) is 9.18 Å². The Morgan fingerprint density at radius 2 is 2.15 bits per heavy atom. The first-order valence-electron chi connectivity index (χ1n) is 6.85. The second-order valence-corrected chi connectivity index (χ2v) is 5.50. The average Bonchev–Trinajstić information content (AvgIpc) is 2.39. The molecule has 0 saturated carbocycles. The summed E-state index contributed by atoms with van der Waals surface area (Å²) in [4.78, 5) is 13.5. The molecule has 20 heavy (non-hydrogen) atoms. The lowest BCUT2D eigenvalue weighted by atomic mass is 10.1. The monoisotopic (exact) mass is 281 g/mol. The molecule has 0 saturated heterocycles. The standard InChI is InChI=1S/C15H24FN3O/c1-11(2)8-18-15(20)10-19(3)9-13-6-12(7-17)4-5-14(13)16/h4-6,11H,7-10,17H2,1-3H3,(H,18,20). The van der Waals surface area contributed by atoms with Crippen molar-refractivity contribution in [1.29, 1.82) is 0 Å². The molecule has 0 aliphatic carbocycles. The van der Waals surface area contributed by atoms with Crippen molar-refractivity contribution in [3.05, 3.63) is 35.1 Å². The van der Waals surface area contributed by atoms with Crippen LogP contribution in [0.4, 0.5) is 4.39 Å². The van der Waals surface area contributed by atoms with Crippen LogP contribution in [0.1, 0.15) is 25.0 Å². The molecule has 0 fully saturated rings. The van der Waals surface area contributed by atoms with E-state index in [2.05, 4.69) is 5.32 Å². The molecule has 0 spiro atoms. The number of carbonyl (C=O) groups is 1. The van der Waals surface area contributed by atoms with Crippen molar-refractivity contribution in [3.8, 4) is 0 Å². The zero-order valence-electron chi connectivity index (χ0n) is 12.4. The van der Waals surface area contributed by atoms with Crippen LogP contribution in [-0.4, -0.2) is 30.9 Å². The van der Waals surface area contributed by atoms with E-state index in [4.69, 9.17) is 5.73 Å². The number of hydrogen-bond acceptors (Lipinski definition) is 3. The molecular formula is C15H24FN3O. The van der Waals surface area contributed by atoms with Crippen LogP contribution in [0.3, 0.4) is 0 Å². The highest BCUT2D eigenvalue weighted by Gasteiger charge is 2.10. The normalized spacial score (nSPS) is 11.2. The Bertz CT molecular complexity index is 449. The fourth-order valence-corrected chi connectivity index (χ4v) is 1.84. The molecule has 5 heteroatoms. The van der Waals surface area contributed by atoms with Crippen molar-refractivity contribution in [2.24, 2.45) is 11.7 Å². The summed E-state index contributed by atoms with van der Waals surface area (Å²) in [5.74, 6) is 0.108. The largest absolute Gasteiger partial charge is 0.355 e. The number of hydrogen-bond donors (Lipinski definition) is 2. The Morgan fingerprint density at radius 1 is 1.45 bits per heavy atom. The molecular weight excluding hydrogens is 257 g/mol. The minimum atomic E-state index is -0.267. The lowest BCUT2D eigenvalue weighted by Gasteiger charge is -2.17. The van der Waals surface area contributed by atoms with Crippen LogP contribution >= 0.6 is 0 Å². The van der Waals surface area contributed by atoms with Crippen LogP contribution in [0.5, 0.6) is 0 Å². The van der Waals surface area contributed by atoms with E-state index in [0.717, 1.165) is 5.56 Å². The third kappa shape index (κ3) is 5.67. The molecule has 0 heterocycles. The minimum Gasteiger partial charge on any atom is -0.355 e. The van der Waals surface area contributed by atoms with Gasteiger partial charge in [0.15, 0.2) is 0 Å². The van der Waals surface area contributed by atoms with E-state index in [1.54, 1.807) is 24.1 Å². The number of nitrogens with one attached hydrogen (secondary N) is 1. The van der Waals surface area contributed by atoms with Crippen LogP contribution in [-0.2, 0) is 17.9 Å². The van der Waals surface area contributed by atoms with Crippen LogP contribution in [0, 0.1) is 11.7 Å². The van der Waals surface area contributed by atoms with E-state index in [1.165, 1.54) is 6.07 Å². The molecule has 112 valence electrons. The SMILES string of the molecule is CC(C)CNC(=O)CN(C)Cc1cc(CN)ccc1F. The van der Waals surface area contributed by atoms with Crippen molar-refractivity contribution < 1.29 is 9.18 Å². The maximum absolute atomic E-state index is 13.7. The number of amides is 1. The summed E-state index contributed by atoms with van der Waals surface area (Å²) < 4.78 is 13.7.